The van der Waals surface area contributed by atoms with Gasteiger partial charge in [-0.2, -0.15) is 0 Å². The average Bonchev–Trinajstić information content (AvgIpc) is 3.23. The van der Waals surface area contributed by atoms with Crippen molar-refractivity contribution in [3.63, 3.8) is 0 Å². The molecule has 196 valence electrons. The Bertz CT molecular complexity index is 1690. The number of hydrogen-bond donors (Lipinski definition) is 1. The maximum absolute atomic E-state index is 13.6. The van der Waals surface area contributed by atoms with Crippen LogP contribution >= 0.6 is 0 Å². The predicted molar refractivity (Wildman–Crippen MR) is 140 cm³/mol. The lowest BCUT2D eigenvalue weighted by molar-refractivity contribution is 0.0688. The fraction of sp³-hybridized carbons (Fsp3) is 0.192. The van der Waals surface area contributed by atoms with Gasteiger partial charge in [0, 0.05) is 42.4 Å². The Balaban J connectivity index is 1.74. The molecule has 0 atom stereocenters. The lowest BCUT2D eigenvalue weighted by Gasteiger charge is -2.35. The van der Waals surface area contributed by atoms with Gasteiger partial charge in [0.25, 0.3) is 10.0 Å². The van der Waals surface area contributed by atoms with E-state index in [0.29, 0.717) is 28.4 Å². The van der Waals surface area contributed by atoms with Crippen LogP contribution in [0, 0.1) is 6.92 Å². The summed E-state index contributed by atoms with van der Waals surface area (Å²) in [7, 11) is 0.252. The SMILES string of the molecule is COc1cc(OC)cc(N2Cc3cnc4c(c(C)c(C(=O)O)n4S(=O)(=O)c4ccccc4)c3N(C)C2=O)c1. The van der Waals surface area contributed by atoms with Gasteiger partial charge in [0.2, 0.25) is 0 Å². The number of nitrogens with zero attached hydrogens (tertiary/aromatic N) is 4. The van der Waals surface area contributed by atoms with Gasteiger partial charge in [-0.15, -0.1) is 0 Å². The minimum Gasteiger partial charge on any atom is -0.497 e. The zero-order valence-corrected chi connectivity index (χ0v) is 21.8. The quantitative estimate of drug-likeness (QED) is 0.393. The van der Waals surface area contributed by atoms with Crippen LogP contribution in [0.5, 0.6) is 11.5 Å². The number of urea groups is 1. The van der Waals surface area contributed by atoms with E-state index < -0.39 is 27.7 Å². The summed E-state index contributed by atoms with van der Waals surface area (Å²) in [4.78, 5) is 33.1. The second kappa shape index (κ2) is 9.06. The largest absolute Gasteiger partial charge is 0.497 e. The van der Waals surface area contributed by atoms with Crippen LogP contribution in [-0.2, 0) is 16.6 Å². The van der Waals surface area contributed by atoms with Crippen LogP contribution in [0.2, 0.25) is 0 Å². The molecule has 2 amide bonds. The Morgan fingerprint density at radius 1 is 1.05 bits per heavy atom. The molecule has 2 aromatic heterocycles. The number of fused-ring (bicyclic) bond motifs is 3. The number of benzene rings is 2. The lowest BCUT2D eigenvalue weighted by Crippen LogP contribution is -2.45. The van der Waals surface area contributed by atoms with Crippen molar-refractivity contribution in [1.29, 1.82) is 0 Å². The number of anilines is 2. The second-order valence-electron chi connectivity index (χ2n) is 8.69. The lowest BCUT2D eigenvalue weighted by atomic mass is 10.0. The number of carbonyl (C=O) groups excluding carboxylic acids is 1. The second-order valence-corrected chi connectivity index (χ2v) is 10.5. The minimum absolute atomic E-state index is 0.0707. The van der Waals surface area contributed by atoms with Crippen LogP contribution in [-0.4, -0.2) is 55.7 Å². The molecule has 0 radical (unpaired) electrons. The molecule has 0 bridgehead atoms. The molecule has 0 fully saturated rings. The number of carbonyl (C=O) groups is 2. The number of hydrogen-bond acceptors (Lipinski definition) is 7. The van der Waals surface area contributed by atoms with E-state index in [-0.39, 0.29) is 28.0 Å². The molecule has 4 aromatic rings. The van der Waals surface area contributed by atoms with E-state index in [1.54, 1.807) is 43.4 Å². The van der Waals surface area contributed by atoms with Crippen molar-refractivity contribution in [2.24, 2.45) is 0 Å². The van der Waals surface area contributed by atoms with E-state index in [0.717, 1.165) is 3.97 Å². The highest BCUT2D eigenvalue weighted by atomic mass is 32.2. The summed E-state index contributed by atoms with van der Waals surface area (Å²) in [6.45, 7) is 1.62. The number of methoxy groups -OCH3 is 2. The molecule has 11 nitrogen and oxygen atoms in total. The first-order valence-electron chi connectivity index (χ1n) is 11.4. The zero-order valence-electron chi connectivity index (χ0n) is 21.0. The predicted octanol–water partition coefficient (Wildman–Crippen LogP) is 3.87. The number of rotatable bonds is 6. The molecule has 5 rings (SSSR count). The number of carboxylic acids is 1. The van der Waals surface area contributed by atoms with Gasteiger partial charge in [-0.1, -0.05) is 18.2 Å². The van der Waals surface area contributed by atoms with Crippen molar-refractivity contribution in [3.8, 4) is 11.5 Å². The highest BCUT2D eigenvalue weighted by Crippen LogP contribution is 2.41. The van der Waals surface area contributed by atoms with E-state index in [1.165, 1.54) is 49.3 Å². The van der Waals surface area contributed by atoms with Gasteiger partial charge in [-0.05, 0) is 24.6 Å². The van der Waals surface area contributed by atoms with Crippen molar-refractivity contribution in [2.45, 2.75) is 18.4 Å². The molecule has 1 aliphatic heterocycles. The summed E-state index contributed by atoms with van der Waals surface area (Å²) < 4.78 is 38.6. The normalized spacial score (nSPS) is 13.5. The minimum atomic E-state index is -4.32. The van der Waals surface area contributed by atoms with Crippen LogP contribution in [0.15, 0.2) is 59.6 Å². The molecule has 0 aliphatic carbocycles. The Kier molecular flexibility index (Phi) is 5.98. The molecule has 0 saturated carbocycles. The van der Waals surface area contributed by atoms with Gasteiger partial charge in [0.1, 0.15) is 17.2 Å². The number of aryl methyl sites for hydroxylation is 1. The molecule has 12 heteroatoms. The third kappa shape index (κ3) is 3.72. The number of amides is 2. The molecule has 1 aliphatic rings. The van der Waals surface area contributed by atoms with Gasteiger partial charge < -0.3 is 14.6 Å². The summed E-state index contributed by atoms with van der Waals surface area (Å²) in [5.41, 5.74) is 1.21. The summed E-state index contributed by atoms with van der Waals surface area (Å²) in [5, 5.41) is 10.3. The maximum Gasteiger partial charge on any atom is 0.353 e. The third-order valence-electron chi connectivity index (χ3n) is 6.55. The van der Waals surface area contributed by atoms with Gasteiger partial charge >= 0.3 is 12.0 Å². The van der Waals surface area contributed by atoms with Crippen molar-refractivity contribution < 1.29 is 32.6 Å². The van der Waals surface area contributed by atoms with Gasteiger partial charge in [0.05, 0.1) is 37.0 Å². The molecule has 3 heterocycles. The molecule has 0 saturated heterocycles. The van der Waals surface area contributed by atoms with Gasteiger partial charge in [-0.3, -0.25) is 9.80 Å². The van der Waals surface area contributed by atoms with Crippen LogP contribution in [0.25, 0.3) is 11.0 Å². The molecule has 38 heavy (non-hydrogen) atoms. The smallest absolute Gasteiger partial charge is 0.353 e. The standard InChI is InChI=1S/C26H24N4O7S/c1-15-21-23-16(14-29(26(33)28(23)2)17-10-18(36-3)12-19(11-17)37-4)13-27-24(21)30(22(15)25(31)32)38(34,35)20-8-6-5-7-9-20/h5-13H,14H2,1-4H3,(H,31,32). The van der Waals surface area contributed by atoms with Crippen molar-refractivity contribution in [2.75, 3.05) is 31.1 Å². The van der Waals surface area contributed by atoms with Crippen LogP contribution in [0.1, 0.15) is 21.6 Å². The highest BCUT2D eigenvalue weighted by Gasteiger charge is 2.36. The Hall–Kier alpha value is -4.58. The van der Waals surface area contributed by atoms with E-state index in [9.17, 15) is 23.1 Å². The van der Waals surface area contributed by atoms with Crippen LogP contribution < -0.4 is 19.3 Å². The van der Waals surface area contributed by atoms with E-state index >= 15 is 0 Å². The summed E-state index contributed by atoms with van der Waals surface area (Å²) in [6, 6.07) is 12.2. The van der Waals surface area contributed by atoms with E-state index in [2.05, 4.69) is 4.98 Å². The molecule has 2 aromatic carbocycles. The molecular formula is C26H24N4O7S. The highest BCUT2D eigenvalue weighted by molar-refractivity contribution is 7.90. The number of ether oxygens (including phenoxy) is 2. The van der Waals surface area contributed by atoms with Crippen molar-refractivity contribution in [1.82, 2.24) is 8.96 Å². The fourth-order valence-electron chi connectivity index (χ4n) is 4.75. The monoisotopic (exact) mass is 536 g/mol. The summed E-state index contributed by atoms with van der Waals surface area (Å²) in [5.74, 6) is -0.428. The molecule has 0 unspecified atom stereocenters. The molecular weight excluding hydrogens is 512 g/mol. The topological polar surface area (TPSA) is 131 Å². The van der Waals surface area contributed by atoms with Crippen LogP contribution in [0.4, 0.5) is 16.2 Å². The summed E-state index contributed by atoms with van der Waals surface area (Å²) >= 11 is 0. The maximum atomic E-state index is 13.6. The average molecular weight is 537 g/mol. The zero-order chi connectivity index (χ0) is 27.4. The number of pyridine rings is 1. The van der Waals surface area contributed by atoms with E-state index in [4.69, 9.17) is 9.47 Å². The van der Waals surface area contributed by atoms with Crippen molar-refractivity contribution in [3.05, 3.63) is 71.5 Å². The van der Waals surface area contributed by atoms with Crippen molar-refractivity contribution >= 4 is 44.4 Å². The number of aromatic carboxylic acids is 1. The molecule has 0 spiro atoms. The third-order valence-corrected chi connectivity index (χ3v) is 8.25. The first-order valence-corrected chi connectivity index (χ1v) is 12.9. The first kappa shape index (κ1) is 25.1. The Morgan fingerprint density at radius 2 is 1.68 bits per heavy atom. The molecule has 1 N–H and O–H groups in total. The Morgan fingerprint density at radius 3 is 2.26 bits per heavy atom. The summed E-state index contributed by atoms with van der Waals surface area (Å²) in [6.07, 6.45) is 1.47. The van der Waals surface area contributed by atoms with Gasteiger partial charge in [0.15, 0.2) is 5.65 Å². The Labute approximate surface area is 218 Å². The fourth-order valence-corrected chi connectivity index (χ4v) is 6.28. The van der Waals surface area contributed by atoms with Crippen LogP contribution in [0.3, 0.4) is 0 Å². The van der Waals surface area contributed by atoms with Gasteiger partial charge in [-0.25, -0.2) is 27.0 Å². The van der Waals surface area contributed by atoms with E-state index in [1.807, 2.05) is 0 Å². The number of aromatic nitrogens is 2. The number of carboxylic acid groups (broad SMARTS) is 1. The first-order chi connectivity index (χ1) is 18.1.